The number of amides is 1. The number of halogens is 1. The van der Waals surface area contributed by atoms with Crippen LogP contribution in [0.2, 0.25) is 0 Å². The highest BCUT2D eigenvalue weighted by Crippen LogP contribution is 2.38. The second kappa shape index (κ2) is 11.0. The fourth-order valence-electron chi connectivity index (χ4n) is 4.95. The van der Waals surface area contributed by atoms with Gasteiger partial charge in [0.15, 0.2) is 0 Å². The van der Waals surface area contributed by atoms with Crippen LogP contribution in [0.15, 0.2) is 73.2 Å². The molecule has 1 aliphatic rings. The number of carbonyl (C=O) groups is 1. The van der Waals surface area contributed by atoms with Gasteiger partial charge in [-0.1, -0.05) is 24.3 Å². The summed E-state index contributed by atoms with van der Waals surface area (Å²) in [5, 5.41) is 14.9. The predicted molar refractivity (Wildman–Crippen MR) is 143 cm³/mol. The molecular formula is C30H31FN4O3. The van der Waals surface area contributed by atoms with Crippen molar-refractivity contribution in [1.29, 1.82) is 0 Å². The summed E-state index contributed by atoms with van der Waals surface area (Å²) in [5.41, 5.74) is 4.17. The SMILES string of the molecule is CC(C)Oc1ccc(N(Cc2cnn(Cc3ccc(F)cc3)c2)C(=O)C2CCCc3c(O)cccc32)cn1. The van der Waals surface area contributed by atoms with Gasteiger partial charge >= 0.3 is 0 Å². The van der Waals surface area contributed by atoms with Crippen LogP contribution < -0.4 is 9.64 Å². The van der Waals surface area contributed by atoms with Gasteiger partial charge in [0.25, 0.3) is 0 Å². The first kappa shape index (κ1) is 25.4. The number of phenolic OH excluding ortho intramolecular Hbond substituents is 1. The Kier molecular flexibility index (Phi) is 7.40. The van der Waals surface area contributed by atoms with E-state index in [2.05, 4.69) is 10.1 Å². The maximum absolute atomic E-state index is 14.1. The molecule has 38 heavy (non-hydrogen) atoms. The fourth-order valence-corrected chi connectivity index (χ4v) is 4.95. The number of carbonyl (C=O) groups excluding carboxylic acids is 1. The second-order valence-corrected chi connectivity index (χ2v) is 9.91. The molecule has 4 aromatic rings. The normalized spacial score (nSPS) is 14.8. The fraction of sp³-hybridized carbons (Fsp3) is 0.300. The van der Waals surface area contributed by atoms with Crippen molar-refractivity contribution in [2.45, 2.75) is 58.2 Å². The van der Waals surface area contributed by atoms with E-state index >= 15 is 0 Å². The van der Waals surface area contributed by atoms with Crippen LogP contribution in [0.5, 0.6) is 11.6 Å². The van der Waals surface area contributed by atoms with E-state index in [0.717, 1.165) is 35.1 Å². The van der Waals surface area contributed by atoms with Gasteiger partial charge in [-0.05, 0) is 74.1 Å². The number of aromatic nitrogens is 3. The number of aromatic hydroxyl groups is 1. The van der Waals surface area contributed by atoms with Crippen LogP contribution >= 0.6 is 0 Å². The standard InChI is InChI=1S/C30H31FN4O3/c1-20(2)38-29-14-13-24(16-32-29)35(30(37)27-7-3-6-26-25(27)5-4-8-28(26)36)19-22-15-33-34(18-22)17-21-9-11-23(31)12-10-21/h4-5,8-16,18,20,27,36H,3,6-7,17,19H2,1-2H3. The number of pyridine rings is 1. The molecule has 2 aromatic carbocycles. The highest BCUT2D eigenvalue weighted by atomic mass is 19.1. The maximum Gasteiger partial charge on any atom is 0.234 e. The van der Waals surface area contributed by atoms with Gasteiger partial charge in [-0.3, -0.25) is 9.48 Å². The average molecular weight is 515 g/mol. The third kappa shape index (κ3) is 5.69. The second-order valence-electron chi connectivity index (χ2n) is 9.91. The number of ether oxygens (including phenoxy) is 1. The average Bonchev–Trinajstić information content (AvgIpc) is 3.35. The molecule has 1 N–H and O–H groups in total. The Morgan fingerprint density at radius 3 is 2.68 bits per heavy atom. The summed E-state index contributed by atoms with van der Waals surface area (Å²) in [4.78, 5) is 20.3. The van der Waals surface area contributed by atoms with Crippen molar-refractivity contribution < 1.29 is 19.0 Å². The van der Waals surface area contributed by atoms with Crippen molar-refractivity contribution in [2.24, 2.45) is 0 Å². The number of rotatable bonds is 8. The van der Waals surface area contributed by atoms with E-state index in [1.54, 1.807) is 52.3 Å². The summed E-state index contributed by atoms with van der Waals surface area (Å²) in [5.74, 6) is 0.0376. The molecule has 5 rings (SSSR count). The Morgan fingerprint density at radius 2 is 1.95 bits per heavy atom. The molecule has 196 valence electrons. The van der Waals surface area contributed by atoms with Crippen LogP contribution in [0.25, 0.3) is 0 Å². The smallest absolute Gasteiger partial charge is 0.234 e. The lowest BCUT2D eigenvalue weighted by molar-refractivity contribution is -0.120. The van der Waals surface area contributed by atoms with Crippen molar-refractivity contribution in [3.63, 3.8) is 0 Å². The maximum atomic E-state index is 14.1. The van der Waals surface area contributed by atoms with Crippen LogP contribution in [0, 0.1) is 5.82 Å². The molecule has 1 amide bonds. The van der Waals surface area contributed by atoms with E-state index < -0.39 is 0 Å². The van der Waals surface area contributed by atoms with Gasteiger partial charge in [0.1, 0.15) is 11.6 Å². The van der Waals surface area contributed by atoms with Crippen LogP contribution in [0.1, 0.15) is 54.9 Å². The number of fused-ring (bicyclic) bond motifs is 1. The van der Waals surface area contributed by atoms with Gasteiger partial charge in [-0.15, -0.1) is 0 Å². The molecule has 1 unspecified atom stereocenters. The topological polar surface area (TPSA) is 80.5 Å². The van der Waals surface area contributed by atoms with Crippen molar-refractivity contribution in [2.75, 3.05) is 4.90 Å². The predicted octanol–water partition coefficient (Wildman–Crippen LogP) is 5.61. The minimum atomic E-state index is -0.369. The zero-order valence-corrected chi connectivity index (χ0v) is 21.5. The Labute approximate surface area is 221 Å². The molecule has 1 atom stereocenters. The summed E-state index contributed by atoms with van der Waals surface area (Å²) in [7, 11) is 0. The van der Waals surface area contributed by atoms with Gasteiger partial charge in [0, 0.05) is 17.8 Å². The molecule has 2 aromatic heterocycles. The summed E-state index contributed by atoms with van der Waals surface area (Å²) in [6.07, 6.45) is 7.57. The van der Waals surface area contributed by atoms with E-state index in [0.29, 0.717) is 31.1 Å². The van der Waals surface area contributed by atoms with E-state index in [1.165, 1.54) is 12.1 Å². The summed E-state index contributed by atoms with van der Waals surface area (Å²) < 4.78 is 20.7. The number of hydrogen-bond acceptors (Lipinski definition) is 5. The molecule has 0 bridgehead atoms. The number of nitrogens with zero attached hydrogens (tertiary/aromatic N) is 4. The molecule has 8 heteroatoms. The molecule has 0 spiro atoms. The summed E-state index contributed by atoms with van der Waals surface area (Å²) in [6, 6.07) is 15.3. The summed E-state index contributed by atoms with van der Waals surface area (Å²) in [6.45, 7) is 4.67. The minimum absolute atomic E-state index is 0.00977. The lowest BCUT2D eigenvalue weighted by atomic mass is 9.81. The van der Waals surface area contributed by atoms with Crippen LogP contribution in [-0.4, -0.2) is 31.9 Å². The first-order valence-corrected chi connectivity index (χ1v) is 12.9. The van der Waals surface area contributed by atoms with Crippen molar-refractivity contribution in [3.05, 3.63) is 101 Å². The van der Waals surface area contributed by atoms with Crippen molar-refractivity contribution in [1.82, 2.24) is 14.8 Å². The molecule has 0 radical (unpaired) electrons. The van der Waals surface area contributed by atoms with Gasteiger partial charge in [-0.25, -0.2) is 9.37 Å². The molecule has 0 saturated heterocycles. The lowest BCUT2D eigenvalue weighted by Gasteiger charge is -2.31. The quantitative estimate of drug-likeness (QED) is 0.331. The van der Waals surface area contributed by atoms with E-state index in [1.807, 2.05) is 32.2 Å². The zero-order chi connectivity index (χ0) is 26.6. The lowest BCUT2D eigenvalue weighted by Crippen LogP contribution is -2.36. The molecule has 0 saturated carbocycles. The molecular weight excluding hydrogens is 483 g/mol. The summed E-state index contributed by atoms with van der Waals surface area (Å²) >= 11 is 0. The molecule has 0 aliphatic heterocycles. The zero-order valence-electron chi connectivity index (χ0n) is 21.5. The van der Waals surface area contributed by atoms with Gasteiger partial charge in [-0.2, -0.15) is 5.10 Å². The highest BCUT2D eigenvalue weighted by molar-refractivity contribution is 5.98. The third-order valence-electron chi connectivity index (χ3n) is 6.72. The number of benzene rings is 2. The Bertz CT molecular complexity index is 1400. The molecule has 7 nitrogen and oxygen atoms in total. The van der Waals surface area contributed by atoms with Crippen LogP contribution in [0.4, 0.5) is 10.1 Å². The molecule has 2 heterocycles. The van der Waals surface area contributed by atoms with Crippen LogP contribution in [0.3, 0.4) is 0 Å². The highest BCUT2D eigenvalue weighted by Gasteiger charge is 2.32. The Morgan fingerprint density at radius 1 is 1.13 bits per heavy atom. The number of anilines is 1. The van der Waals surface area contributed by atoms with Crippen molar-refractivity contribution >= 4 is 11.6 Å². The number of phenols is 1. The van der Waals surface area contributed by atoms with E-state index in [4.69, 9.17) is 4.74 Å². The third-order valence-corrected chi connectivity index (χ3v) is 6.72. The van der Waals surface area contributed by atoms with E-state index in [-0.39, 0.29) is 29.5 Å². The van der Waals surface area contributed by atoms with Crippen LogP contribution in [-0.2, 0) is 24.3 Å². The van der Waals surface area contributed by atoms with Gasteiger partial charge in [0.2, 0.25) is 11.8 Å². The Balaban J connectivity index is 1.43. The largest absolute Gasteiger partial charge is 0.508 e. The molecule has 1 aliphatic carbocycles. The van der Waals surface area contributed by atoms with Gasteiger partial charge < -0.3 is 14.7 Å². The van der Waals surface area contributed by atoms with E-state index in [9.17, 15) is 14.3 Å². The van der Waals surface area contributed by atoms with Gasteiger partial charge in [0.05, 0.1) is 43.2 Å². The molecule has 0 fully saturated rings. The van der Waals surface area contributed by atoms with Crippen molar-refractivity contribution in [3.8, 4) is 11.6 Å². The minimum Gasteiger partial charge on any atom is -0.508 e. The number of hydrogen-bond donors (Lipinski definition) is 1. The first-order valence-electron chi connectivity index (χ1n) is 12.9. The monoisotopic (exact) mass is 514 g/mol. The Hall–Kier alpha value is -4.20. The first-order chi connectivity index (χ1) is 18.4.